The minimum Gasteiger partial charge on any atom is -0.284 e. The first-order chi connectivity index (χ1) is 17.4. The molecule has 3 aromatic rings. The third-order valence-corrected chi connectivity index (χ3v) is 9.55. The number of carbonyl (C=O) groups is 2. The molecule has 0 saturated carbocycles. The van der Waals surface area contributed by atoms with E-state index in [0.717, 1.165) is 14.3 Å². The molecule has 2 aliphatic heterocycles. The second kappa shape index (κ2) is 9.39. The van der Waals surface area contributed by atoms with Crippen molar-refractivity contribution < 1.29 is 18.0 Å². The Bertz CT molecular complexity index is 1510. The SMILES string of the molecule is C[C@@]1(Cc2ccc(Br)cc2)C(=O)N(c2cc(Cl)cc(Cl)c2)c2ncc(S(=O)(=O)N3CCC[C@H]3C([NH])=O)n21. The zero-order chi connectivity index (χ0) is 26.7. The molecule has 0 unspecified atom stereocenters. The van der Waals surface area contributed by atoms with E-state index in [2.05, 4.69) is 20.9 Å². The third kappa shape index (κ3) is 4.36. The van der Waals surface area contributed by atoms with Crippen molar-refractivity contribution in [2.75, 3.05) is 11.4 Å². The molecule has 1 aromatic heterocycles. The van der Waals surface area contributed by atoms with Gasteiger partial charge in [-0.05, 0) is 55.7 Å². The van der Waals surface area contributed by atoms with Gasteiger partial charge in [-0.1, -0.05) is 51.3 Å². The number of benzene rings is 2. The number of fused-ring (bicyclic) bond motifs is 1. The summed E-state index contributed by atoms with van der Waals surface area (Å²) in [5.74, 6) is -1.29. The van der Waals surface area contributed by atoms with Crippen molar-refractivity contribution in [3.05, 3.63) is 68.7 Å². The number of carbonyl (C=O) groups excluding carboxylic acids is 2. The Labute approximate surface area is 232 Å². The Morgan fingerprint density at radius 3 is 2.46 bits per heavy atom. The number of halogens is 3. The van der Waals surface area contributed by atoms with Crippen LogP contribution in [0.3, 0.4) is 0 Å². The summed E-state index contributed by atoms with van der Waals surface area (Å²) in [6.45, 7) is 1.76. The van der Waals surface area contributed by atoms with Gasteiger partial charge in [-0.3, -0.25) is 19.9 Å². The minimum atomic E-state index is -4.28. The number of hydrogen-bond acceptors (Lipinski definition) is 5. The van der Waals surface area contributed by atoms with Crippen LogP contribution in [0.2, 0.25) is 10.0 Å². The quantitative estimate of drug-likeness (QED) is 0.398. The molecule has 1 fully saturated rings. The van der Waals surface area contributed by atoms with Crippen LogP contribution in [0.1, 0.15) is 25.3 Å². The van der Waals surface area contributed by atoms with Crippen LogP contribution >= 0.6 is 39.1 Å². The van der Waals surface area contributed by atoms with Gasteiger partial charge in [0.05, 0.1) is 11.9 Å². The van der Waals surface area contributed by atoms with Gasteiger partial charge in [0.15, 0.2) is 5.03 Å². The smallest absolute Gasteiger partial charge is 0.261 e. The fraction of sp³-hybridized carbons (Fsp3) is 0.292. The number of sulfonamides is 1. The molecule has 1 radical (unpaired) electrons. The average Bonchev–Trinajstić information content (AvgIpc) is 3.52. The van der Waals surface area contributed by atoms with Crippen molar-refractivity contribution >= 4 is 72.6 Å². The summed E-state index contributed by atoms with van der Waals surface area (Å²) < 4.78 is 31.0. The summed E-state index contributed by atoms with van der Waals surface area (Å²) in [6, 6.07) is 10.9. The van der Waals surface area contributed by atoms with Crippen molar-refractivity contribution in [2.45, 2.75) is 42.8 Å². The van der Waals surface area contributed by atoms with E-state index in [0.29, 0.717) is 22.2 Å². The molecule has 2 aliphatic rings. The molecule has 0 spiro atoms. The molecule has 193 valence electrons. The molecular weight excluding hydrogens is 605 g/mol. The van der Waals surface area contributed by atoms with E-state index < -0.39 is 33.4 Å². The molecule has 9 nitrogen and oxygen atoms in total. The van der Waals surface area contributed by atoms with E-state index >= 15 is 0 Å². The maximum absolute atomic E-state index is 14.1. The maximum atomic E-state index is 14.1. The van der Waals surface area contributed by atoms with Gasteiger partial charge in [0.1, 0.15) is 11.6 Å². The van der Waals surface area contributed by atoms with Crippen molar-refractivity contribution in [3.8, 4) is 0 Å². The second-order valence-corrected chi connectivity index (χ2v) is 12.8. The lowest BCUT2D eigenvalue weighted by Gasteiger charge is -2.28. The first-order valence-corrected chi connectivity index (χ1v) is 14.3. The molecule has 1 saturated heterocycles. The lowest BCUT2D eigenvalue weighted by Crippen LogP contribution is -2.45. The Balaban J connectivity index is 1.70. The molecule has 5 rings (SSSR count). The standard InChI is InChI=1S/C24H21BrCl2N5O4S/c1-24(12-14-4-6-15(25)7-5-14)22(34)31(18-10-16(26)9-17(27)11-18)23-29-13-20(32(23)24)37(35,36)30-8-2-3-19(30)21(28)33/h4-7,9-11,13,19,28H,2-3,8,12H2,1H3/t19-,24+/m0/s1. The van der Waals surface area contributed by atoms with Gasteiger partial charge in [-0.2, -0.15) is 4.31 Å². The van der Waals surface area contributed by atoms with E-state index in [1.54, 1.807) is 19.1 Å². The van der Waals surface area contributed by atoms with Crippen LogP contribution in [-0.4, -0.2) is 46.7 Å². The van der Waals surface area contributed by atoms with Crippen LogP contribution in [0.4, 0.5) is 11.6 Å². The highest BCUT2D eigenvalue weighted by Gasteiger charge is 2.53. The largest absolute Gasteiger partial charge is 0.284 e. The Hall–Kier alpha value is -2.44. The number of anilines is 2. The van der Waals surface area contributed by atoms with E-state index in [1.165, 1.54) is 21.7 Å². The second-order valence-electron chi connectivity index (χ2n) is 9.22. The van der Waals surface area contributed by atoms with E-state index in [9.17, 15) is 18.0 Å². The molecule has 37 heavy (non-hydrogen) atoms. The van der Waals surface area contributed by atoms with Crippen LogP contribution in [0.25, 0.3) is 0 Å². The van der Waals surface area contributed by atoms with E-state index in [4.69, 9.17) is 28.9 Å². The van der Waals surface area contributed by atoms with Crippen molar-refractivity contribution in [1.29, 1.82) is 0 Å². The van der Waals surface area contributed by atoms with E-state index in [1.807, 2.05) is 24.3 Å². The number of nitrogens with zero attached hydrogens (tertiary/aromatic N) is 4. The van der Waals surface area contributed by atoms with Gasteiger partial charge >= 0.3 is 0 Å². The predicted molar refractivity (Wildman–Crippen MR) is 142 cm³/mol. The minimum absolute atomic E-state index is 0.0921. The molecular formula is C24H21BrCl2N5O4S. The lowest BCUT2D eigenvalue weighted by molar-refractivity contribution is -0.124. The number of nitrogens with one attached hydrogen (secondary N) is 1. The van der Waals surface area contributed by atoms with Gasteiger partial charge in [0, 0.05) is 27.5 Å². The fourth-order valence-electron chi connectivity index (χ4n) is 5.02. The van der Waals surface area contributed by atoms with Crippen LogP contribution in [0, 0.1) is 0 Å². The molecule has 0 bridgehead atoms. The number of hydrogen-bond donors (Lipinski definition) is 0. The highest BCUT2D eigenvalue weighted by molar-refractivity contribution is 9.10. The fourth-order valence-corrected chi connectivity index (χ4v) is 7.65. The van der Waals surface area contributed by atoms with Gasteiger partial charge in [-0.25, -0.2) is 18.3 Å². The number of amides is 2. The number of rotatable bonds is 6. The predicted octanol–water partition coefficient (Wildman–Crippen LogP) is 4.55. The van der Waals surface area contributed by atoms with Crippen LogP contribution in [-0.2, 0) is 31.6 Å². The van der Waals surface area contributed by atoms with Gasteiger partial charge < -0.3 is 0 Å². The topological polar surface area (TPSA) is 116 Å². The van der Waals surface area contributed by atoms with Crippen LogP contribution in [0.15, 0.2) is 58.2 Å². The molecule has 1 N–H and O–H groups in total. The van der Waals surface area contributed by atoms with Crippen LogP contribution in [0.5, 0.6) is 0 Å². The zero-order valence-corrected chi connectivity index (χ0v) is 23.4. The van der Waals surface area contributed by atoms with Gasteiger partial charge in [-0.15, -0.1) is 0 Å². The third-order valence-electron chi connectivity index (χ3n) is 6.71. The summed E-state index contributed by atoms with van der Waals surface area (Å²) in [5, 5.41) is 0.382. The Morgan fingerprint density at radius 1 is 1.19 bits per heavy atom. The average molecular weight is 626 g/mol. The van der Waals surface area contributed by atoms with Crippen molar-refractivity contribution in [2.24, 2.45) is 0 Å². The van der Waals surface area contributed by atoms with Crippen molar-refractivity contribution in [3.63, 3.8) is 0 Å². The summed E-state index contributed by atoms with van der Waals surface area (Å²) in [7, 11) is -4.28. The maximum Gasteiger partial charge on any atom is 0.261 e. The van der Waals surface area contributed by atoms with Crippen LogP contribution < -0.4 is 10.6 Å². The van der Waals surface area contributed by atoms with Crippen molar-refractivity contribution in [1.82, 2.24) is 19.6 Å². The molecule has 3 heterocycles. The van der Waals surface area contributed by atoms with E-state index in [-0.39, 0.29) is 30.4 Å². The number of aromatic nitrogens is 2. The Morgan fingerprint density at radius 2 is 1.84 bits per heavy atom. The highest BCUT2D eigenvalue weighted by Crippen LogP contribution is 2.45. The first-order valence-electron chi connectivity index (χ1n) is 11.3. The number of imidazole rings is 1. The monoisotopic (exact) mass is 624 g/mol. The summed E-state index contributed by atoms with van der Waals surface area (Å²) in [6.07, 6.45) is 2.08. The molecule has 13 heteroatoms. The molecule has 0 aliphatic carbocycles. The summed E-state index contributed by atoms with van der Waals surface area (Å²) in [4.78, 5) is 31.7. The van der Waals surface area contributed by atoms with Gasteiger partial charge in [0.25, 0.3) is 21.8 Å². The normalized spacial score (nSPS) is 22.0. The lowest BCUT2D eigenvalue weighted by atomic mass is 9.92. The molecule has 2 atom stereocenters. The van der Waals surface area contributed by atoms with Gasteiger partial charge in [0.2, 0.25) is 5.95 Å². The summed E-state index contributed by atoms with van der Waals surface area (Å²) >= 11 is 15.9. The summed E-state index contributed by atoms with van der Waals surface area (Å²) in [5.41, 5.74) is 7.32. The molecule has 2 amide bonds. The zero-order valence-electron chi connectivity index (χ0n) is 19.5. The first kappa shape index (κ1) is 26.2. The Kier molecular flexibility index (Phi) is 6.64. The highest BCUT2D eigenvalue weighted by atomic mass is 79.9. The molecule has 2 aromatic carbocycles.